The summed E-state index contributed by atoms with van der Waals surface area (Å²) in [4.78, 5) is 0. The van der Waals surface area contributed by atoms with E-state index in [1.807, 2.05) is 20.9 Å². The van der Waals surface area contributed by atoms with Crippen molar-refractivity contribution < 1.29 is 9.47 Å². The molecule has 1 aromatic rings. The molecule has 0 radical (unpaired) electrons. The van der Waals surface area contributed by atoms with Crippen LogP contribution in [0.5, 0.6) is 0 Å². The number of nitrogens with one attached hydrogen (secondary N) is 1. The van der Waals surface area contributed by atoms with Crippen LogP contribution in [0.25, 0.3) is 0 Å². The van der Waals surface area contributed by atoms with Crippen LogP contribution in [-0.4, -0.2) is 26.6 Å². The van der Waals surface area contributed by atoms with E-state index in [1.165, 1.54) is 16.7 Å². The molecule has 0 saturated carbocycles. The van der Waals surface area contributed by atoms with E-state index in [9.17, 15) is 0 Å². The molecule has 0 bridgehead atoms. The lowest BCUT2D eigenvalue weighted by Gasteiger charge is -2.28. The molecule has 1 unspecified atom stereocenters. The molecule has 0 fully saturated rings. The minimum Gasteiger partial charge on any atom is -0.351 e. The molecule has 18 heavy (non-hydrogen) atoms. The molecule has 1 atom stereocenters. The van der Waals surface area contributed by atoms with E-state index in [0.29, 0.717) is 13.2 Å². The van der Waals surface area contributed by atoms with Gasteiger partial charge in [0.25, 0.3) is 0 Å². The average Bonchev–Trinajstić information content (AvgIpc) is 2.33. The van der Waals surface area contributed by atoms with Crippen molar-refractivity contribution in [3.05, 3.63) is 34.9 Å². The molecule has 0 amide bonds. The number of ether oxygens (including phenoxy) is 2. The number of aryl methyl sites for hydroxylation is 2. The van der Waals surface area contributed by atoms with Gasteiger partial charge in [-0.15, -0.1) is 0 Å². The zero-order valence-corrected chi connectivity index (χ0v) is 12.1. The highest BCUT2D eigenvalue weighted by Gasteiger charge is 2.23. The van der Waals surface area contributed by atoms with Gasteiger partial charge in [0, 0.05) is 13.2 Å². The summed E-state index contributed by atoms with van der Waals surface area (Å²) in [5.41, 5.74) is 3.77. The highest BCUT2D eigenvalue weighted by molar-refractivity contribution is 5.33. The van der Waals surface area contributed by atoms with Gasteiger partial charge >= 0.3 is 0 Å². The van der Waals surface area contributed by atoms with Gasteiger partial charge in [-0.3, -0.25) is 0 Å². The van der Waals surface area contributed by atoms with E-state index >= 15 is 0 Å². The van der Waals surface area contributed by atoms with Gasteiger partial charge in [-0.05, 0) is 45.9 Å². The summed E-state index contributed by atoms with van der Waals surface area (Å²) in [5.74, 6) is 0. The predicted octanol–water partition coefficient (Wildman–Crippen LogP) is 2.96. The second-order valence-corrected chi connectivity index (χ2v) is 4.41. The predicted molar refractivity (Wildman–Crippen MR) is 74.8 cm³/mol. The Kier molecular flexibility index (Phi) is 6.33. The Morgan fingerprint density at radius 1 is 1.11 bits per heavy atom. The van der Waals surface area contributed by atoms with Crippen molar-refractivity contribution in [3.63, 3.8) is 0 Å². The summed E-state index contributed by atoms with van der Waals surface area (Å²) in [7, 11) is 1.94. The summed E-state index contributed by atoms with van der Waals surface area (Å²) in [5, 5.41) is 3.30. The third-order valence-electron chi connectivity index (χ3n) is 3.01. The third-order valence-corrected chi connectivity index (χ3v) is 3.01. The van der Waals surface area contributed by atoms with Crippen molar-refractivity contribution in [1.82, 2.24) is 5.32 Å². The van der Waals surface area contributed by atoms with Crippen molar-refractivity contribution >= 4 is 0 Å². The minimum atomic E-state index is -0.244. The summed E-state index contributed by atoms with van der Waals surface area (Å²) in [6.45, 7) is 9.50. The van der Waals surface area contributed by atoms with Gasteiger partial charge < -0.3 is 14.8 Å². The first-order valence-electron chi connectivity index (χ1n) is 6.61. The van der Waals surface area contributed by atoms with E-state index in [2.05, 4.69) is 37.4 Å². The molecule has 0 aromatic heterocycles. The normalized spacial score (nSPS) is 13.0. The van der Waals surface area contributed by atoms with Crippen LogP contribution in [0.15, 0.2) is 18.2 Å². The molecule has 0 heterocycles. The first-order chi connectivity index (χ1) is 8.63. The summed E-state index contributed by atoms with van der Waals surface area (Å²) < 4.78 is 11.4. The molecule has 0 saturated heterocycles. The monoisotopic (exact) mass is 251 g/mol. The summed E-state index contributed by atoms with van der Waals surface area (Å²) >= 11 is 0. The van der Waals surface area contributed by atoms with Crippen molar-refractivity contribution in [2.45, 2.75) is 40.0 Å². The van der Waals surface area contributed by atoms with Crippen LogP contribution in [-0.2, 0) is 9.47 Å². The molecule has 3 heteroatoms. The molecular weight excluding hydrogens is 226 g/mol. The fourth-order valence-electron chi connectivity index (χ4n) is 2.18. The van der Waals surface area contributed by atoms with Crippen LogP contribution in [0.3, 0.4) is 0 Å². The average molecular weight is 251 g/mol. The van der Waals surface area contributed by atoms with E-state index < -0.39 is 0 Å². The zero-order chi connectivity index (χ0) is 13.5. The van der Waals surface area contributed by atoms with Gasteiger partial charge in [0.1, 0.15) is 0 Å². The third kappa shape index (κ3) is 3.80. The lowest BCUT2D eigenvalue weighted by molar-refractivity contribution is -0.154. The van der Waals surface area contributed by atoms with Crippen LogP contribution >= 0.6 is 0 Å². The van der Waals surface area contributed by atoms with Crippen LogP contribution in [0.1, 0.15) is 36.6 Å². The first-order valence-corrected chi connectivity index (χ1v) is 6.61. The molecule has 1 rings (SSSR count). The summed E-state index contributed by atoms with van der Waals surface area (Å²) in [6.07, 6.45) is -0.244. The second-order valence-electron chi connectivity index (χ2n) is 4.41. The Hall–Kier alpha value is -0.900. The van der Waals surface area contributed by atoms with Crippen molar-refractivity contribution in [2.24, 2.45) is 0 Å². The Morgan fingerprint density at radius 3 is 2.17 bits per heavy atom. The van der Waals surface area contributed by atoms with Crippen molar-refractivity contribution in [3.8, 4) is 0 Å². The number of benzene rings is 1. The maximum absolute atomic E-state index is 5.69. The Morgan fingerprint density at radius 2 is 1.72 bits per heavy atom. The smallest absolute Gasteiger partial charge is 0.176 e. The van der Waals surface area contributed by atoms with Crippen LogP contribution in [0, 0.1) is 13.8 Å². The number of likely N-dealkylation sites (N-methyl/N-ethyl adjacent to an activating group) is 1. The highest BCUT2D eigenvalue weighted by Crippen LogP contribution is 2.24. The Balaban J connectivity index is 2.98. The first kappa shape index (κ1) is 15.2. The van der Waals surface area contributed by atoms with Crippen LogP contribution < -0.4 is 5.32 Å². The highest BCUT2D eigenvalue weighted by atomic mass is 16.7. The van der Waals surface area contributed by atoms with E-state index in [0.717, 1.165) is 0 Å². The van der Waals surface area contributed by atoms with E-state index in [-0.39, 0.29) is 12.3 Å². The fourth-order valence-corrected chi connectivity index (χ4v) is 2.18. The Bertz CT molecular complexity index is 360. The largest absolute Gasteiger partial charge is 0.351 e. The number of rotatable bonds is 7. The number of hydrogen-bond donors (Lipinski definition) is 1. The number of hydrogen-bond acceptors (Lipinski definition) is 3. The van der Waals surface area contributed by atoms with Crippen LogP contribution in [0.2, 0.25) is 0 Å². The maximum Gasteiger partial charge on any atom is 0.176 e. The molecule has 3 nitrogen and oxygen atoms in total. The molecule has 0 aliphatic carbocycles. The van der Waals surface area contributed by atoms with Crippen molar-refractivity contribution in [2.75, 3.05) is 20.3 Å². The van der Waals surface area contributed by atoms with Crippen molar-refractivity contribution in [1.29, 1.82) is 0 Å². The molecule has 0 aliphatic heterocycles. The van der Waals surface area contributed by atoms with E-state index in [4.69, 9.17) is 9.47 Å². The molecule has 1 aromatic carbocycles. The van der Waals surface area contributed by atoms with E-state index in [1.54, 1.807) is 0 Å². The maximum atomic E-state index is 5.69. The topological polar surface area (TPSA) is 30.5 Å². The van der Waals surface area contributed by atoms with Gasteiger partial charge in [-0.25, -0.2) is 0 Å². The zero-order valence-electron chi connectivity index (χ0n) is 12.1. The SMILES string of the molecule is CCOC(OCC)C(NC)c1ccc(C)cc1C. The van der Waals surface area contributed by atoms with Gasteiger partial charge in [0.15, 0.2) is 6.29 Å². The second kappa shape index (κ2) is 7.52. The minimum absolute atomic E-state index is 0.0606. The molecule has 0 aliphatic rings. The molecular formula is C15H25NO2. The lowest BCUT2D eigenvalue weighted by atomic mass is 9.99. The van der Waals surface area contributed by atoms with Gasteiger partial charge in [-0.1, -0.05) is 23.8 Å². The molecule has 0 spiro atoms. The van der Waals surface area contributed by atoms with Gasteiger partial charge in [-0.2, -0.15) is 0 Å². The standard InChI is InChI=1S/C15H25NO2/c1-6-17-15(18-7-2)14(16-5)13-9-8-11(3)10-12(13)4/h8-10,14-16H,6-7H2,1-5H3. The molecule has 1 N–H and O–H groups in total. The Labute approximate surface area is 110 Å². The quantitative estimate of drug-likeness (QED) is 0.756. The fraction of sp³-hybridized carbons (Fsp3) is 0.600. The van der Waals surface area contributed by atoms with Crippen LogP contribution in [0.4, 0.5) is 0 Å². The van der Waals surface area contributed by atoms with Gasteiger partial charge in [0.2, 0.25) is 0 Å². The summed E-state index contributed by atoms with van der Waals surface area (Å²) in [6, 6.07) is 6.53. The lowest BCUT2D eigenvalue weighted by Crippen LogP contribution is -2.34. The van der Waals surface area contributed by atoms with Gasteiger partial charge in [0.05, 0.1) is 6.04 Å². The molecule has 102 valence electrons.